The molecule has 1 aliphatic rings. The third-order valence-corrected chi connectivity index (χ3v) is 4.77. The van der Waals surface area contributed by atoms with E-state index < -0.39 is 0 Å². The van der Waals surface area contributed by atoms with Gasteiger partial charge in [0.05, 0.1) is 0 Å². The topological polar surface area (TPSA) is 45.2 Å². The van der Waals surface area contributed by atoms with Gasteiger partial charge in [-0.15, -0.1) is 0 Å². The average molecular weight is 364 g/mol. The molecular formula is C21H18ClN3O. The largest absolute Gasteiger partial charge is 0.340 e. The van der Waals surface area contributed by atoms with Crippen LogP contribution in [0.15, 0.2) is 66.9 Å². The van der Waals surface area contributed by atoms with Gasteiger partial charge in [-0.1, -0.05) is 35.9 Å². The number of hydrogen-bond acceptors (Lipinski definition) is 3. The molecule has 4 rings (SSSR count). The van der Waals surface area contributed by atoms with Crippen LogP contribution >= 0.6 is 11.6 Å². The van der Waals surface area contributed by atoms with Crippen LogP contribution in [0, 0.1) is 0 Å². The predicted molar refractivity (Wildman–Crippen MR) is 105 cm³/mol. The van der Waals surface area contributed by atoms with E-state index in [2.05, 4.69) is 23.3 Å². The molecular weight excluding hydrogens is 346 g/mol. The highest BCUT2D eigenvalue weighted by atomic mass is 35.5. The van der Waals surface area contributed by atoms with Crippen molar-refractivity contribution < 1.29 is 4.79 Å². The van der Waals surface area contributed by atoms with Gasteiger partial charge in [0.1, 0.15) is 5.82 Å². The lowest BCUT2D eigenvalue weighted by molar-refractivity contribution is 0.0981. The van der Waals surface area contributed by atoms with Crippen LogP contribution in [0.2, 0.25) is 5.02 Å². The Morgan fingerprint density at radius 2 is 2.00 bits per heavy atom. The summed E-state index contributed by atoms with van der Waals surface area (Å²) in [5, 5.41) is 3.84. The van der Waals surface area contributed by atoms with Gasteiger partial charge in [-0.05, 0) is 55.3 Å². The van der Waals surface area contributed by atoms with Gasteiger partial charge in [0.2, 0.25) is 0 Å². The molecule has 1 amide bonds. The van der Waals surface area contributed by atoms with E-state index in [1.165, 1.54) is 5.56 Å². The van der Waals surface area contributed by atoms with Crippen LogP contribution in [-0.2, 0) is 6.42 Å². The number of benzene rings is 2. The normalized spacial score (nSPS) is 15.6. The molecule has 1 aliphatic heterocycles. The van der Waals surface area contributed by atoms with Crippen LogP contribution in [0.3, 0.4) is 0 Å². The maximum atomic E-state index is 13.1. The first-order valence-corrected chi connectivity index (χ1v) is 8.90. The molecule has 1 N–H and O–H groups in total. The molecule has 0 fully saturated rings. The average Bonchev–Trinajstić information content (AvgIpc) is 2.97. The molecule has 0 saturated heterocycles. The van der Waals surface area contributed by atoms with Gasteiger partial charge in [-0.25, -0.2) is 4.98 Å². The number of pyridine rings is 1. The number of para-hydroxylation sites is 1. The number of rotatable bonds is 3. The number of amides is 1. The van der Waals surface area contributed by atoms with E-state index in [1.807, 2.05) is 47.4 Å². The highest BCUT2D eigenvalue weighted by Gasteiger charge is 2.31. The molecule has 0 bridgehead atoms. The first-order valence-electron chi connectivity index (χ1n) is 8.52. The Hall–Kier alpha value is -2.85. The fourth-order valence-electron chi connectivity index (χ4n) is 3.36. The second kappa shape index (κ2) is 6.81. The van der Waals surface area contributed by atoms with Crippen molar-refractivity contribution in [1.82, 2.24) is 4.98 Å². The first-order chi connectivity index (χ1) is 12.6. The number of carbonyl (C=O) groups is 1. The number of hydrogen-bond donors (Lipinski definition) is 1. The lowest BCUT2D eigenvalue weighted by atomic mass is 10.1. The Balaban J connectivity index is 1.61. The summed E-state index contributed by atoms with van der Waals surface area (Å²) in [6.07, 6.45) is 2.52. The van der Waals surface area contributed by atoms with Gasteiger partial charge in [-0.2, -0.15) is 0 Å². The Kier molecular flexibility index (Phi) is 4.35. The number of anilines is 3. The Morgan fingerprint density at radius 1 is 1.15 bits per heavy atom. The van der Waals surface area contributed by atoms with Crippen LogP contribution in [0.25, 0.3) is 0 Å². The molecule has 4 nitrogen and oxygen atoms in total. The number of carbonyl (C=O) groups excluding carboxylic acids is 1. The summed E-state index contributed by atoms with van der Waals surface area (Å²) < 4.78 is 0. The molecule has 0 saturated carbocycles. The minimum Gasteiger partial charge on any atom is -0.340 e. The van der Waals surface area contributed by atoms with Crippen LogP contribution < -0.4 is 10.2 Å². The highest BCUT2D eigenvalue weighted by molar-refractivity contribution is 6.30. The SMILES string of the molecule is CC1Cc2ccccc2N1C(=O)c1ccnc(Nc2cccc(Cl)c2)c1. The summed E-state index contributed by atoms with van der Waals surface area (Å²) in [7, 11) is 0. The molecule has 5 heteroatoms. The predicted octanol–water partition coefficient (Wildman–Crippen LogP) is 5.07. The summed E-state index contributed by atoms with van der Waals surface area (Å²) in [5.41, 5.74) is 3.63. The van der Waals surface area contributed by atoms with Crippen LogP contribution in [0.5, 0.6) is 0 Å². The van der Waals surface area contributed by atoms with Crippen molar-refractivity contribution in [2.24, 2.45) is 0 Å². The highest BCUT2D eigenvalue weighted by Crippen LogP contribution is 2.33. The van der Waals surface area contributed by atoms with Gasteiger partial charge in [0.15, 0.2) is 0 Å². The molecule has 0 aliphatic carbocycles. The van der Waals surface area contributed by atoms with E-state index in [1.54, 1.807) is 18.3 Å². The lowest BCUT2D eigenvalue weighted by Crippen LogP contribution is -2.35. The maximum Gasteiger partial charge on any atom is 0.258 e. The van der Waals surface area contributed by atoms with E-state index in [4.69, 9.17) is 11.6 Å². The van der Waals surface area contributed by atoms with Crippen LogP contribution in [-0.4, -0.2) is 16.9 Å². The van der Waals surface area contributed by atoms with Crippen molar-refractivity contribution in [3.05, 3.63) is 83.0 Å². The molecule has 2 heterocycles. The minimum absolute atomic E-state index is 0.0148. The second-order valence-electron chi connectivity index (χ2n) is 6.42. The Bertz CT molecular complexity index is 973. The summed E-state index contributed by atoms with van der Waals surface area (Å²) in [6, 6.07) is 19.1. The number of halogens is 1. The minimum atomic E-state index is -0.0148. The van der Waals surface area contributed by atoms with E-state index in [-0.39, 0.29) is 11.9 Å². The zero-order chi connectivity index (χ0) is 18.1. The van der Waals surface area contributed by atoms with Crippen molar-refractivity contribution in [2.45, 2.75) is 19.4 Å². The van der Waals surface area contributed by atoms with E-state index in [0.29, 0.717) is 16.4 Å². The molecule has 26 heavy (non-hydrogen) atoms. The van der Waals surface area contributed by atoms with Crippen LogP contribution in [0.1, 0.15) is 22.8 Å². The molecule has 1 aromatic heterocycles. The number of nitrogens with zero attached hydrogens (tertiary/aromatic N) is 2. The summed E-state index contributed by atoms with van der Waals surface area (Å²) >= 11 is 6.02. The molecule has 3 aromatic rings. The van der Waals surface area contributed by atoms with Gasteiger partial charge < -0.3 is 10.2 Å². The van der Waals surface area contributed by atoms with Crippen molar-refractivity contribution in [2.75, 3.05) is 10.2 Å². The van der Waals surface area contributed by atoms with E-state index >= 15 is 0 Å². The van der Waals surface area contributed by atoms with E-state index in [0.717, 1.165) is 17.8 Å². The maximum absolute atomic E-state index is 13.1. The van der Waals surface area contributed by atoms with Crippen LogP contribution in [0.4, 0.5) is 17.2 Å². The Morgan fingerprint density at radius 3 is 2.85 bits per heavy atom. The van der Waals surface area contributed by atoms with Gasteiger partial charge in [0, 0.05) is 34.2 Å². The summed E-state index contributed by atoms with van der Waals surface area (Å²) in [6.45, 7) is 2.07. The number of aromatic nitrogens is 1. The fraction of sp³-hybridized carbons (Fsp3) is 0.143. The quantitative estimate of drug-likeness (QED) is 0.706. The van der Waals surface area contributed by atoms with Gasteiger partial charge in [0.25, 0.3) is 5.91 Å². The summed E-state index contributed by atoms with van der Waals surface area (Å²) in [5.74, 6) is 0.595. The number of fused-ring (bicyclic) bond motifs is 1. The summed E-state index contributed by atoms with van der Waals surface area (Å²) in [4.78, 5) is 19.3. The number of nitrogens with one attached hydrogen (secondary N) is 1. The zero-order valence-electron chi connectivity index (χ0n) is 14.3. The first kappa shape index (κ1) is 16.6. The van der Waals surface area contributed by atoms with Crippen molar-refractivity contribution >= 4 is 34.7 Å². The molecule has 2 aromatic carbocycles. The third kappa shape index (κ3) is 3.16. The van der Waals surface area contributed by atoms with Crippen molar-refractivity contribution in [3.8, 4) is 0 Å². The monoisotopic (exact) mass is 363 g/mol. The van der Waals surface area contributed by atoms with Crippen molar-refractivity contribution in [1.29, 1.82) is 0 Å². The molecule has 1 unspecified atom stereocenters. The zero-order valence-corrected chi connectivity index (χ0v) is 15.1. The smallest absolute Gasteiger partial charge is 0.258 e. The second-order valence-corrected chi connectivity index (χ2v) is 6.86. The van der Waals surface area contributed by atoms with Gasteiger partial charge in [-0.3, -0.25) is 4.79 Å². The molecule has 0 radical (unpaired) electrons. The molecule has 0 spiro atoms. The molecule has 1 atom stereocenters. The fourth-order valence-corrected chi connectivity index (χ4v) is 3.55. The Labute approximate surface area is 157 Å². The van der Waals surface area contributed by atoms with E-state index in [9.17, 15) is 4.79 Å². The van der Waals surface area contributed by atoms with Gasteiger partial charge >= 0.3 is 0 Å². The standard InChI is InChI=1S/C21H18ClN3O/c1-14-11-15-5-2-3-8-19(15)25(14)21(26)16-9-10-23-20(12-16)24-18-7-4-6-17(22)13-18/h2-10,12-14H,11H2,1H3,(H,23,24). The van der Waals surface area contributed by atoms with Crippen molar-refractivity contribution in [3.63, 3.8) is 0 Å². The molecule has 130 valence electrons. The lowest BCUT2D eigenvalue weighted by Gasteiger charge is -2.23. The third-order valence-electron chi connectivity index (χ3n) is 4.53.